The van der Waals surface area contributed by atoms with Gasteiger partial charge >= 0.3 is 8.03 Å². The highest BCUT2D eigenvalue weighted by atomic mass is 31.1. The molecule has 0 aromatic rings. The van der Waals surface area contributed by atoms with E-state index in [1.54, 1.807) is 0 Å². The van der Waals surface area contributed by atoms with Gasteiger partial charge in [-0.05, 0) is 24.0 Å². The fourth-order valence-electron chi connectivity index (χ4n) is 0.497. The minimum Gasteiger partial charge on any atom is -0.330 e. The van der Waals surface area contributed by atoms with Crippen molar-refractivity contribution in [2.45, 2.75) is 19.8 Å². The van der Waals surface area contributed by atoms with Crippen molar-refractivity contribution in [3.8, 4) is 0 Å². The highest BCUT2D eigenvalue weighted by molar-refractivity contribution is 7.39. The van der Waals surface area contributed by atoms with E-state index in [4.69, 9.17) is 10.3 Å². The van der Waals surface area contributed by atoms with Crippen LogP contribution in [0.3, 0.4) is 0 Å². The van der Waals surface area contributed by atoms with E-state index in [-0.39, 0.29) is 0 Å². The zero-order valence-electron chi connectivity index (χ0n) is 6.38. The maximum Gasteiger partial charge on any atom is 0.508 e. The topological polar surface area (TPSA) is 52.3 Å². The van der Waals surface area contributed by atoms with Gasteiger partial charge in [0.15, 0.2) is 6.16 Å². The lowest BCUT2D eigenvalue weighted by Gasteiger charge is -1.87. The fourth-order valence-corrected chi connectivity index (χ4v) is 1.32. The van der Waals surface area contributed by atoms with Crippen LogP contribution in [0.25, 0.3) is 0 Å². The van der Waals surface area contributed by atoms with Gasteiger partial charge in [-0.3, -0.25) is 0 Å². The van der Waals surface area contributed by atoms with Gasteiger partial charge in [0.2, 0.25) is 0 Å². The van der Waals surface area contributed by atoms with Gasteiger partial charge in [0.05, 0.1) is 0 Å². The third kappa shape index (κ3) is 6.14. The molecular weight excluding hydrogens is 149 g/mol. The van der Waals surface area contributed by atoms with Gasteiger partial charge in [-0.15, -0.1) is 4.52 Å². The molecule has 0 aliphatic rings. The van der Waals surface area contributed by atoms with Crippen molar-refractivity contribution < 1.29 is 9.09 Å². The summed E-state index contributed by atoms with van der Waals surface area (Å²) in [7, 11) is -1.40. The third-order valence-electron chi connectivity index (χ3n) is 0.990. The van der Waals surface area contributed by atoms with Crippen LogP contribution in [-0.4, -0.2) is 19.3 Å². The van der Waals surface area contributed by atoms with Crippen LogP contribution in [0.1, 0.15) is 19.8 Å². The molecule has 0 fully saturated rings. The average Bonchev–Trinajstić information content (AvgIpc) is 1.89. The molecule has 2 N–H and O–H groups in total. The molecule has 0 heterocycles. The smallest absolute Gasteiger partial charge is 0.330 e. The van der Waals surface area contributed by atoms with E-state index in [9.17, 15) is 4.57 Å². The molecule has 0 rings (SSSR count). The number of nitrogens with two attached hydrogens (primary N) is 1. The third-order valence-corrected chi connectivity index (χ3v) is 2.27. The molecule has 60 valence electrons. The molecule has 1 atom stereocenters. The lowest BCUT2D eigenvalue weighted by molar-refractivity contribution is 0.324. The summed E-state index contributed by atoms with van der Waals surface area (Å²) in [6.07, 6.45) is 2.38. The summed E-state index contributed by atoms with van der Waals surface area (Å²) in [5.74, 6) is 0. The second-order valence-electron chi connectivity index (χ2n) is 2.03. The summed E-state index contributed by atoms with van der Waals surface area (Å²) < 4.78 is 15.8. The van der Waals surface area contributed by atoms with Gasteiger partial charge in [0.1, 0.15) is 6.61 Å². The molecule has 0 aliphatic carbocycles. The number of hydrogen-bond donors (Lipinski definition) is 1. The molecule has 0 saturated carbocycles. The van der Waals surface area contributed by atoms with Crippen molar-refractivity contribution in [3.63, 3.8) is 0 Å². The van der Waals surface area contributed by atoms with Gasteiger partial charge < -0.3 is 5.73 Å². The Morgan fingerprint density at radius 2 is 2.30 bits per heavy atom. The van der Waals surface area contributed by atoms with Crippen molar-refractivity contribution in [1.82, 2.24) is 0 Å². The predicted octanol–water partition coefficient (Wildman–Crippen LogP) is 1.50. The largest absolute Gasteiger partial charge is 0.508 e. The van der Waals surface area contributed by atoms with Crippen molar-refractivity contribution in [2.24, 2.45) is 5.73 Å². The van der Waals surface area contributed by atoms with Crippen LogP contribution in [0.5, 0.6) is 0 Å². The Bertz CT molecular complexity index is 97.7. The van der Waals surface area contributed by atoms with E-state index in [1.165, 1.54) is 0 Å². The molecule has 0 radical (unpaired) electrons. The Morgan fingerprint density at radius 3 is 2.80 bits per heavy atom. The first kappa shape index (κ1) is 10.0. The molecule has 0 bridgehead atoms. The number of rotatable bonds is 6. The highest BCUT2D eigenvalue weighted by Gasteiger charge is 2.13. The second-order valence-corrected chi connectivity index (χ2v) is 3.40. The molecule has 0 spiro atoms. The average molecular weight is 164 g/mol. The van der Waals surface area contributed by atoms with Gasteiger partial charge in [-0.2, -0.15) is 0 Å². The minimum atomic E-state index is -1.40. The Hall–Kier alpha value is 0.0200. The van der Waals surface area contributed by atoms with Crippen LogP contribution < -0.4 is 5.73 Å². The summed E-state index contributed by atoms with van der Waals surface area (Å²) in [4.78, 5) is 0. The van der Waals surface area contributed by atoms with E-state index in [1.807, 2.05) is 6.92 Å². The first-order chi connectivity index (χ1) is 4.81. The Labute approximate surface area is 62.8 Å². The predicted molar refractivity (Wildman–Crippen MR) is 42.4 cm³/mol. The molecule has 0 aliphatic heterocycles. The SMILES string of the molecule is CCC[P+](=O)OCCCN. The molecule has 0 aromatic carbocycles. The lowest BCUT2D eigenvalue weighted by atomic mass is 10.5. The summed E-state index contributed by atoms with van der Waals surface area (Å²) in [5, 5.41) is 0. The second kappa shape index (κ2) is 7.13. The Balaban J connectivity index is 3.05. The molecule has 1 unspecified atom stereocenters. The van der Waals surface area contributed by atoms with Crippen LogP contribution >= 0.6 is 8.03 Å². The van der Waals surface area contributed by atoms with Crippen LogP contribution in [-0.2, 0) is 9.09 Å². The Kier molecular flexibility index (Phi) is 7.15. The minimum absolute atomic E-state index is 0.533. The summed E-state index contributed by atoms with van der Waals surface area (Å²) in [6, 6.07) is 0. The van der Waals surface area contributed by atoms with Gasteiger partial charge in [-0.1, -0.05) is 6.92 Å². The first-order valence-electron chi connectivity index (χ1n) is 3.59. The molecular formula is C6H15NO2P+. The molecule has 0 aromatic heterocycles. The molecule has 10 heavy (non-hydrogen) atoms. The molecule has 0 amide bonds. The molecule has 4 heteroatoms. The standard InChI is InChI=1S/C6H15NO2P/c1-2-6-10(8)9-5-3-4-7/h2-7H2,1H3/q+1. The molecule has 0 saturated heterocycles. The summed E-state index contributed by atoms with van der Waals surface area (Å²) in [5.41, 5.74) is 5.21. The van der Waals surface area contributed by atoms with Crippen molar-refractivity contribution in [3.05, 3.63) is 0 Å². The van der Waals surface area contributed by atoms with Crippen LogP contribution in [0.4, 0.5) is 0 Å². The van der Waals surface area contributed by atoms with E-state index in [0.717, 1.165) is 12.8 Å². The normalized spacial score (nSPS) is 11.6. The summed E-state index contributed by atoms with van der Waals surface area (Å²) in [6.45, 7) is 3.13. The van der Waals surface area contributed by atoms with Crippen LogP contribution in [0.2, 0.25) is 0 Å². The van der Waals surface area contributed by atoms with Gasteiger partial charge in [-0.25, -0.2) is 0 Å². The van der Waals surface area contributed by atoms with Gasteiger partial charge in [0.25, 0.3) is 0 Å². The maximum atomic E-state index is 10.8. The first-order valence-corrected chi connectivity index (χ1v) is 4.95. The van der Waals surface area contributed by atoms with Crippen LogP contribution in [0, 0.1) is 0 Å². The van der Waals surface area contributed by atoms with Gasteiger partial charge in [0, 0.05) is 0 Å². The number of hydrogen-bond acceptors (Lipinski definition) is 3. The highest BCUT2D eigenvalue weighted by Crippen LogP contribution is 2.22. The van der Waals surface area contributed by atoms with E-state index in [0.29, 0.717) is 19.3 Å². The molecule has 3 nitrogen and oxygen atoms in total. The van der Waals surface area contributed by atoms with Crippen molar-refractivity contribution >= 4 is 8.03 Å². The van der Waals surface area contributed by atoms with E-state index in [2.05, 4.69) is 0 Å². The van der Waals surface area contributed by atoms with Crippen molar-refractivity contribution in [1.29, 1.82) is 0 Å². The van der Waals surface area contributed by atoms with E-state index < -0.39 is 8.03 Å². The zero-order valence-corrected chi connectivity index (χ0v) is 7.27. The summed E-state index contributed by atoms with van der Waals surface area (Å²) >= 11 is 0. The van der Waals surface area contributed by atoms with Crippen LogP contribution in [0.15, 0.2) is 0 Å². The zero-order chi connectivity index (χ0) is 7.82. The maximum absolute atomic E-state index is 10.8. The van der Waals surface area contributed by atoms with Crippen molar-refractivity contribution in [2.75, 3.05) is 19.3 Å². The Morgan fingerprint density at radius 1 is 1.60 bits per heavy atom. The quantitative estimate of drug-likeness (QED) is 0.478. The fraction of sp³-hybridized carbons (Fsp3) is 1.00. The van der Waals surface area contributed by atoms with E-state index >= 15 is 0 Å². The lowest BCUT2D eigenvalue weighted by Crippen LogP contribution is -2.01. The monoisotopic (exact) mass is 164 g/mol.